The van der Waals surface area contributed by atoms with Crippen molar-refractivity contribution in [1.82, 2.24) is 29.9 Å². The molecule has 0 radical (unpaired) electrons. The van der Waals surface area contributed by atoms with Crippen molar-refractivity contribution in [3.8, 4) is 17.1 Å². The summed E-state index contributed by atoms with van der Waals surface area (Å²) in [5.41, 5.74) is 15.0. The van der Waals surface area contributed by atoms with Gasteiger partial charge < -0.3 is 11.1 Å². The van der Waals surface area contributed by atoms with E-state index in [1.54, 1.807) is 4.68 Å². The van der Waals surface area contributed by atoms with Gasteiger partial charge in [-0.1, -0.05) is 68.9 Å². The molecule has 2 fully saturated rings. The molecule has 4 aliphatic rings. The van der Waals surface area contributed by atoms with Gasteiger partial charge in [-0.05, 0) is 123 Å². The van der Waals surface area contributed by atoms with Crippen molar-refractivity contribution in [1.29, 1.82) is 0 Å². The standard InChI is InChI=1S/C40H52N8/c41-39-43-40(46-48(39)37-25-33-16-9-15-31-14-7-8-17-36(31)38(33)45-44-37)42-34-21-18-30-19-22-35(23-20-32(30)24-34)47(26-28-10-3-1-4-11-28)27-29-12-5-2-6-13-29/h7-8,14,17-18,21,24-25,28-29,35H,1-6,9-13,15-16,19-20,22-23,26-27H2,(H3,41,42,43,46)/t35-/m0/s1. The Bertz CT molecular complexity index is 1680. The number of aromatic nitrogens is 5. The van der Waals surface area contributed by atoms with Gasteiger partial charge in [0.15, 0.2) is 5.82 Å². The van der Waals surface area contributed by atoms with Crippen LogP contribution in [0.3, 0.4) is 0 Å². The van der Waals surface area contributed by atoms with Crippen LogP contribution in [0.15, 0.2) is 48.5 Å². The molecule has 4 aliphatic carbocycles. The summed E-state index contributed by atoms with van der Waals surface area (Å²) in [6.45, 7) is 2.64. The van der Waals surface area contributed by atoms with E-state index in [0.29, 0.717) is 23.8 Å². The highest BCUT2D eigenvalue weighted by molar-refractivity contribution is 5.68. The van der Waals surface area contributed by atoms with Gasteiger partial charge in [0, 0.05) is 30.4 Å². The van der Waals surface area contributed by atoms with Crippen molar-refractivity contribution >= 4 is 17.6 Å². The lowest BCUT2D eigenvalue weighted by Crippen LogP contribution is -2.42. The fourth-order valence-corrected chi connectivity index (χ4v) is 9.16. The van der Waals surface area contributed by atoms with Crippen LogP contribution in [0, 0.1) is 11.8 Å². The van der Waals surface area contributed by atoms with E-state index in [4.69, 9.17) is 10.8 Å². The van der Waals surface area contributed by atoms with E-state index < -0.39 is 0 Å². The van der Waals surface area contributed by atoms with Gasteiger partial charge in [-0.2, -0.15) is 9.67 Å². The lowest BCUT2D eigenvalue weighted by atomic mass is 9.86. The maximum absolute atomic E-state index is 6.40. The van der Waals surface area contributed by atoms with Gasteiger partial charge in [0.1, 0.15) is 0 Å². The Balaban J connectivity index is 0.958. The number of nitrogen functional groups attached to an aromatic ring is 1. The van der Waals surface area contributed by atoms with Crippen LogP contribution in [0.2, 0.25) is 0 Å². The zero-order valence-electron chi connectivity index (χ0n) is 28.5. The molecule has 0 aliphatic heterocycles. The largest absolute Gasteiger partial charge is 0.368 e. The van der Waals surface area contributed by atoms with Crippen LogP contribution < -0.4 is 11.1 Å². The third kappa shape index (κ3) is 7.00. The van der Waals surface area contributed by atoms with Gasteiger partial charge in [-0.25, -0.2) is 0 Å². The molecule has 3 N–H and O–H groups in total. The van der Waals surface area contributed by atoms with Crippen molar-refractivity contribution in [3.63, 3.8) is 0 Å². The highest BCUT2D eigenvalue weighted by atomic mass is 15.4. The van der Waals surface area contributed by atoms with Crippen molar-refractivity contribution in [2.45, 2.75) is 115 Å². The predicted molar refractivity (Wildman–Crippen MR) is 194 cm³/mol. The molecule has 0 amide bonds. The van der Waals surface area contributed by atoms with E-state index in [9.17, 15) is 0 Å². The van der Waals surface area contributed by atoms with E-state index in [2.05, 4.69) is 73.9 Å². The summed E-state index contributed by atoms with van der Waals surface area (Å²) in [6.07, 6.45) is 22.2. The minimum atomic E-state index is 0.300. The first-order valence-electron chi connectivity index (χ1n) is 19.0. The van der Waals surface area contributed by atoms with Gasteiger partial charge in [0.05, 0.1) is 5.69 Å². The molecule has 8 nitrogen and oxygen atoms in total. The molecule has 1 atom stereocenters. The third-order valence-corrected chi connectivity index (χ3v) is 11.8. The fraction of sp³-hybridized carbons (Fsp3) is 0.550. The molecule has 4 aromatic rings. The first kappa shape index (κ1) is 31.5. The Labute approximate surface area is 285 Å². The Hall–Kier alpha value is -3.78. The van der Waals surface area contributed by atoms with Crippen molar-refractivity contribution in [2.75, 3.05) is 24.1 Å². The average molecular weight is 645 g/mol. The van der Waals surface area contributed by atoms with Crippen LogP contribution in [-0.4, -0.2) is 49.0 Å². The number of fused-ring (bicyclic) bond motifs is 4. The summed E-state index contributed by atoms with van der Waals surface area (Å²) >= 11 is 0. The third-order valence-electron chi connectivity index (χ3n) is 11.8. The molecule has 2 aromatic carbocycles. The molecule has 2 aromatic heterocycles. The first-order chi connectivity index (χ1) is 23.7. The summed E-state index contributed by atoms with van der Waals surface area (Å²) in [6, 6.07) is 18.1. The van der Waals surface area contributed by atoms with Gasteiger partial charge in [-0.3, -0.25) is 4.90 Å². The van der Waals surface area contributed by atoms with Crippen LogP contribution in [-0.2, 0) is 25.7 Å². The van der Waals surface area contributed by atoms with Crippen LogP contribution in [0.4, 0.5) is 17.6 Å². The monoisotopic (exact) mass is 644 g/mol. The zero-order valence-corrected chi connectivity index (χ0v) is 28.5. The molecule has 0 bridgehead atoms. The summed E-state index contributed by atoms with van der Waals surface area (Å²) in [5.74, 6) is 3.18. The molecule has 252 valence electrons. The Kier molecular flexibility index (Phi) is 9.43. The second kappa shape index (κ2) is 14.4. The van der Waals surface area contributed by atoms with Crippen molar-refractivity contribution in [2.24, 2.45) is 11.8 Å². The normalized spacial score (nSPS) is 20.4. The number of hydrogen-bond donors (Lipinski definition) is 2. The molecule has 8 heteroatoms. The second-order valence-electron chi connectivity index (χ2n) is 15.1. The van der Waals surface area contributed by atoms with Crippen LogP contribution in [0.25, 0.3) is 17.1 Å². The molecular weight excluding hydrogens is 592 g/mol. The lowest BCUT2D eigenvalue weighted by molar-refractivity contribution is 0.106. The quantitative estimate of drug-likeness (QED) is 0.186. The Morgan fingerprint density at radius 3 is 2.17 bits per heavy atom. The topological polar surface area (TPSA) is 97.8 Å². The SMILES string of the molecule is Nc1nc(Nc2ccc3c(c2)CC[C@@H](N(CC2CCCCC2)CC2CCCCC2)CC3)nn1-c1cc2c(nn1)-c1ccccc1CCC2. The summed E-state index contributed by atoms with van der Waals surface area (Å²) in [7, 11) is 0. The minimum Gasteiger partial charge on any atom is -0.368 e. The van der Waals surface area contributed by atoms with Gasteiger partial charge in [-0.15, -0.1) is 15.3 Å². The molecule has 2 saturated carbocycles. The number of anilines is 3. The highest BCUT2D eigenvalue weighted by Gasteiger charge is 2.28. The fourth-order valence-electron chi connectivity index (χ4n) is 9.16. The van der Waals surface area contributed by atoms with Crippen LogP contribution in [0.5, 0.6) is 0 Å². The number of nitrogens with two attached hydrogens (primary N) is 1. The second-order valence-corrected chi connectivity index (χ2v) is 15.1. The first-order valence-corrected chi connectivity index (χ1v) is 19.0. The van der Waals surface area contributed by atoms with E-state index in [1.807, 2.05) is 0 Å². The van der Waals surface area contributed by atoms with E-state index in [-0.39, 0.29) is 0 Å². The van der Waals surface area contributed by atoms with Gasteiger partial charge in [0.25, 0.3) is 0 Å². The Morgan fingerprint density at radius 2 is 1.40 bits per heavy atom. The predicted octanol–water partition coefficient (Wildman–Crippen LogP) is 8.25. The number of benzene rings is 2. The zero-order chi connectivity index (χ0) is 32.3. The van der Waals surface area contributed by atoms with E-state index in [0.717, 1.165) is 55.3 Å². The molecule has 0 spiro atoms. The number of aryl methyl sites for hydroxylation is 4. The maximum atomic E-state index is 6.40. The lowest BCUT2D eigenvalue weighted by Gasteiger charge is -2.38. The molecule has 0 saturated heterocycles. The maximum Gasteiger partial charge on any atom is 0.248 e. The van der Waals surface area contributed by atoms with Crippen molar-refractivity contribution in [3.05, 3.63) is 70.8 Å². The van der Waals surface area contributed by atoms with Crippen molar-refractivity contribution < 1.29 is 0 Å². The molecule has 8 rings (SSSR count). The average Bonchev–Trinajstić information content (AvgIpc) is 3.26. The number of nitrogens with zero attached hydrogens (tertiary/aromatic N) is 6. The van der Waals surface area contributed by atoms with Gasteiger partial charge >= 0.3 is 0 Å². The molecule has 0 unspecified atom stereocenters. The highest BCUT2D eigenvalue weighted by Crippen LogP contribution is 2.34. The molecule has 48 heavy (non-hydrogen) atoms. The number of hydrogen-bond acceptors (Lipinski definition) is 7. The Morgan fingerprint density at radius 1 is 0.688 bits per heavy atom. The number of nitrogens with one attached hydrogen (secondary N) is 1. The van der Waals surface area contributed by atoms with Crippen LogP contribution >= 0.6 is 0 Å². The van der Waals surface area contributed by atoms with Gasteiger partial charge in [0.2, 0.25) is 11.9 Å². The smallest absolute Gasteiger partial charge is 0.248 e. The molecule has 2 heterocycles. The van der Waals surface area contributed by atoms with E-state index in [1.165, 1.54) is 118 Å². The summed E-state index contributed by atoms with van der Waals surface area (Å²) < 4.78 is 1.60. The summed E-state index contributed by atoms with van der Waals surface area (Å²) in [5, 5.41) is 17.4. The minimum absolute atomic E-state index is 0.300. The van der Waals surface area contributed by atoms with E-state index >= 15 is 0 Å². The number of rotatable bonds is 8. The summed E-state index contributed by atoms with van der Waals surface area (Å²) in [4.78, 5) is 7.54. The molecular formula is C40H52N8. The van der Waals surface area contributed by atoms with Crippen LogP contribution in [0.1, 0.15) is 106 Å².